The Morgan fingerprint density at radius 2 is 1.79 bits per heavy atom. The van der Waals surface area contributed by atoms with Gasteiger partial charge in [0.1, 0.15) is 11.5 Å². The van der Waals surface area contributed by atoms with Gasteiger partial charge in [0.2, 0.25) is 0 Å². The van der Waals surface area contributed by atoms with Gasteiger partial charge in [-0.3, -0.25) is 24.2 Å². The molecule has 5 heterocycles. The molecule has 3 atom stereocenters. The highest BCUT2D eigenvalue weighted by Crippen LogP contribution is 2.29. The number of fused-ring (bicyclic) bond motifs is 1. The average Bonchev–Trinajstić information content (AvgIpc) is 3.73. The molecule has 2 saturated heterocycles. The lowest BCUT2D eigenvalue weighted by molar-refractivity contribution is -0.138. The summed E-state index contributed by atoms with van der Waals surface area (Å²) in [5.41, 5.74) is 1.97. The zero-order valence-corrected chi connectivity index (χ0v) is 22.9. The summed E-state index contributed by atoms with van der Waals surface area (Å²) in [6, 6.07) is 15.0. The number of carboxylic acid groups (broad SMARTS) is 1. The average molecular weight is 583 g/mol. The highest BCUT2D eigenvalue weighted by atomic mass is 16.6. The Labute approximate surface area is 244 Å². The molecule has 6 rings (SSSR count). The van der Waals surface area contributed by atoms with Crippen molar-refractivity contribution in [3.63, 3.8) is 0 Å². The number of carbonyl (C=O) groups excluding carboxylic acids is 4. The fraction of sp³-hybridized carbons (Fsp3) is 0.233. The zero-order valence-electron chi connectivity index (χ0n) is 22.9. The van der Waals surface area contributed by atoms with Crippen LogP contribution in [0.25, 0.3) is 22.3 Å². The predicted octanol–water partition coefficient (Wildman–Crippen LogP) is 1.97. The number of amides is 3. The first-order valence-electron chi connectivity index (χ1n) is 13.5. The van der Waals surface area contributed by atoms with Gasteiger partial charge in [0.25, 0.3) is 23.5 Å². The Morgan fingerprint density at radius 1 is 1.00 bits per heavy atom. The smallest absolute Gasteiger partial charge is 0.336 e. The minimum absolute atomic E-state index is 0.120. The van der Waals surface area contributed by atoms with Crippen LogP contribution in [0.1, 0.15) is 27.6 Å². The largest absolute Gasteiger partial charge is 0.479 e. The third-order valence-corrected chi connectivity index (χ3v) is 7.47. The number of Topliss-reactive ketones (excluding diaryl/α,β-unsaturated/α-hetero) is 1. The van der Waals surface area contributed by atoms with Gasteiger partial charge in [-0.15, -0.1) is 0 Å². The normalized spacial score (nSPS) is 19.6. The maximum absolute atomic E-state index is 13.4. The molecule has 3 unspecified atom stereocenters. The Morgan fingerprint density at radius 3 is 2.51 bits per heavy atom. The number of carboxylic acids is 1. The third kappa shape index (κ3) is 5.33. The lowest BCUT2D eigenvalue weighted by Crippen LogP contribution is -2.56. The minimum Gasteiger partial charge on any atom is -0.479 e. The van der Waals surface area contributed by atoms with Crippen molar-refractivity contribution in [2.75, 3.05) is 25.0 Å². The van der Waals surface area contributed by atoms with E-state index < -0.39 is 35.8 Å². The number of hydrogen-bond acceptors (Lipinski definition) is 8. The van der Waals surface area contributed by atoms with Crippen molar-refractivity contribution in [3.05, 3.63) is 78.1 Å². The first kappa shape index (κ1) is 27.7. The predicted molar refractivity (Wildman–Crippen MR) is 152 cm³/mol. The van der Waals surface area contributed by atoms with Crippen LogP contribution >= 0.6 is 0 Å². The van der Waals surface area contributed by atoms with E-state index in [0.717, 1.165) is 0 Å². The van der Waals surface area contributed by atoms with E-state index in [2.05, 4.69) is 20.3 Å². The van der Waals surface area contributed by atoms with Crippen LogP contribution in [0.2, 0.25) is 0 Å². The third-order valence-electron chi connectivity index (χ3n) is 7.47. The van der Waals surface area contributed by atoms with Crippen LogP contribution < -0.4 is 5.32 Å². The van der Waals surface area contributed by atoms with E-state index in [0.29, 0.717) is 40.9 Å². The summed E-state index contributed by atoms with van der Waals surface area (Å²) in [5.74, 6) is -3.16. The van der Waals surface area contributed by atoms with Crippen molar-refractivity contribution in [1.82, 2.24) is 24.8 Å². The van der Waals surface area contributed by atoms with Crippen LogP contribution in [0.15, 0.2) is 67.0 Å². The van der Waals surface area contributed by atoms with E-state index in [9.17, 15) is 24.0 Å². The molecular formula is C30H26N6O7. The van der Waals surface area contributed by atoms with E-state index in [-0.39, 0.29) is 29.9 Å². The number of anilines is 1. The molecule has 218 valence electrons. The number of piperazine rings is 1. The van der Waals surface area contributed by atoms with Crippen LogP contribution in [-0.2, 0) is 19.1 Å². The van der Waals surface area contributed by atoms with Crippen LogP contribution in [-0.4, -0.2) is 97.2 Å². The topological polar surface area (TPSA) is 178 Å². The number of ketones is 1. The molecule has 3 amide bonds. The highest BCUT2D eigenvalue weighted by Gasteiger charge is 2.50. The van der Waals surface area contributed by atoms with Gasteiger partial charge in [-0.25, -0.2) is 9.78 Å². The molecule has 2 aliphatic heterocycles. The van der Waals surface area contributed by atoms with Gasteiger partial charge in [-0.05, 0) is 37.3 Å². The van der Waals surface area contributed by atoms with E-state index in [1.54, 1.807) is 47.4 Å². The van der Waals surface area contributed by atoms with Crippen LogP contribution in [0, 0.1) is 0 Å². The maximum atomic E-state index is 13.4. The van der Waals surface area contributed by atoms with E-state index in [4.69, 9.17) is 9.84 Å². The summed E-state index contributed by atoms with van der Waals surface area (Å²) >= 11 is 0. The minimum atomic E-state index is -1.22. The Bertz CT molecular complexity index is 1770. The molecule has 4 aromatic rings. The number of rotatable bonds is 7. The lowest BCUT2D eigenvalue weighted by atomic mass is 10.1. The number of nitrogens with one attached hydrogen (secondary N) is 2. The molecule has 0 bridgehead atoms. The Kier molecular flexibility index (Phi) is 7.16. The van der Waals surface area contributed by atoms with Crippen molar-refractivity contribution in [1.29, 1.82) is 0 Å². The van der Waals surface area contributed by atoms with Crippen molar-refractivity contribution >= 4 is 46.2 Å². The van der Waals surface area contributed by atoms with E-state index in [1.807, 2.05) is 13.0 Å². The van der Waals surface area contributed by atoms with Crippen LogP contribution in [0.5, 0.6) is 0 Å². The molecule has 0 spiro atoms. The molecule has 43 heavy (non-hydrogen) atoms. The van der Waals surface area contributed by atoms with Gasteiger partial charge in [0, 0.05) is 49.0 Å². The summed E-state index contributed by atoms with van der Waals surface area (Å²) < 4.78 is 4.88. The van der Waals surface area contributed by atoms with Gasteiger partial charge in [-0.1, -0.05) is 24.3 Å². The van der Waals surface area contributed by atoms with Crippen molar-refractivity contribution < 1.29 is 33.8 Å². The molecule has 3 N–H and O–H groups in total. The first-order valence-corrected chi connectivity index (χ1v) is 13.5. The molecule has 0 saturated carbocycles. The molecule has 1 aromatic carbocycles. The second kappa shape index (κ2) is 11.1. The maximum Gasteiger partial charge on any atom is 0.336 e. The number of H-pyrrole nitrogens is 1. The van der Waals surface area contributed by atoms with Crippen molar-refractivity contribution in [3.8, 4) is 11.4 Å². The zero-order chi connectivity index (χ0) is 30.2. The monoisotopic (exact) mass is 582 g/mol. The molecule has 3 aromatic heterocycles. The number of hydrogen-bond donors (Lipinski definition) is 3. The quantitative estimate of drug-likeness (QED) is 0.167. The van der Waals surface area contributed by atoms with Gasteiger partial charge in [-0.2, -0.15) is 0 Å². The summed E-state index contributed by atoms with van der Waals surface area (Å²) in [7, 11) is 0. The summed E-state index contributed by atoms with van der Waals surface area (Å²) in [5, 5.41) is 12.0. The molecule has 13 heteroatoms. The number of carbonyl (C=O) groups is 5. The Balaban J connectivity index is 1.17. The number of aromatic amines is 1. The number of benzene rings is 1. The Hall–Kier alpha value is -5.43. The number of nitrogens with zero attached hydrogens (tertiary/aromatic N) is 4. The first-order chi connectivity index (χ1) is 20.7. The molecule has 13 nitrogen and oxygen atoms in total. The number of aromatic nitrogens is 3. The molecule has 2 aliphatic rings. The summed E-state index contributed by atoms with van der Waals surface area (Å²) in [6.45, 7) is 2.64. The van der Waals surface area contributed by atoms with Crippen LogP contribution in [0.4, 0.5) is 5.82 Å². The fourth-order valence-electron chi connectivity index (χ4n) is 5.22. The SMILES string of the molecule is CC1CN(C(=O)c2ccccc2)CCN1C(=O)C(=O)c1c[nH]c2c(-c3cccc(NC(=O)C4OC4C(=O)O)n3)nccc12. The molecule has 0 radical (unpaired) electrons. The van der Waals surface area contributed by atoms with Crippen molar-refractivity contribution in [2.24, 2.45) is 0 Å². The van der Waals surface area contributed by atoms with Gasteiger partial charge >= 0.3 is 5.97 Å². The standard InChI is InChI=1S/C30H26N6O7/c1-16-15-35(28(39)17-6-3-2-4-7-17)12-13-36(16)29(40)24(37)19-14-32-22-18(19)10-11-31-23(22)20-8-5-9-21(33-20)34-27(38)25-26(43-25)30(41)42/h2-11,14,16,25-26,32H,12-13,15H2,1H3,(H,41,42)(H,33,34,38). The summed E-state index contributed by atoms with van der Waals surface area (Å²) in [4.78, 5) is 78.0. The van der Waals surface area contributed by atoms with Gasteiger partial charge < -0.3 is 29.9 Å². The second-order valence-electron chi connectivity index (χ2n) is 10.3. The van der Waals surface area contributed by atoms with E-state index in [1.165, 1.54) is 23.4 Å². The highest BCUT2D eigenvalue weighted by molar-refractivity contribution is 6.45. The second-order valence-corrected chi connectivity index (χ2v) is 10.3. The molecule has 0 aliphatic carbocycles. The number of epoxide rings is 1. The summed E-state index contributed by atoms with van der Waals surface area (Å²) in [6.07, 6.45) is 0.679. The van der Waals surface area contributed by atoms with Gasteiger partial charge in [0.15, 0.2) is 12.2 Å². The van der Waals surface area contributed by atoms with Crippen LogP contribution in [0.3, 0.4) is 0 Å². The van der Waals surface area contributed by atoms with Crippen molar-refractivity contribution in [2.45, 2.75) is 25.2 Å². The molecule has 2 fully saturated rings. The fourth-order valence-corrected chi connectivity index (χ4v) is 5.22. The van der Waals surface area contributed by atoms with E-state index >= 15 is 0 Å². The molecular weight excluding hydrogens is 556 g/mol. The van der Waals surface area contributed by atoms with Gasteiger partial charge in [0.05, 0.1) is 16.8 Å². The number of aliphatic carboxylic acids is 1. The number of ether oxygens (including phenoxy) is 1. The lowest BCUT2D eigenvalue weighted by Gasteiger charge is -2.39. The number of pyridine rings is 2.